The van der Waals surface area contributed by atoms with Crippen molar-refractivity contribution < 1.29 is 9.72 Å². The second-order valence-corrected chi connectivity index (χ2v) is 4.60. The lowest BCUT2D eigenvalue weighted by molar-refractivity contribution is -0.384. The average molecular weight is 284 g/mol. The van der Waals surface area contributed by atoms with E-state index < -0.39 is 4.92 Å². The highest BCUT2D eigenvalue weighted by Gasteiger charge is 2.17. The highest BCUT2D eigenvalue weighted by Crippen LogP contribution is 2.23. The number of nitro benzene ring substituents is 1. The Morgan fingerprint density at radius 2 is 1.86 bits per heavy atom. The Morgan fingerprint density at radius 1 is 1.14 bits per heavy atom. The molecule has 0 N–H and O–H groups in total. The molecule has 0 radical (unpaired) electrons. The molecule has 0 heterocycles. The lowest BCUT2D eigenvalue weighted by atomic mass is 10.1. The summed E-state index contributed by atoms with van der Waals surface area (Å²) >= 11 is 0. The highest BCUT2D eigenvalue weighted by molar-refractivity contribution is 5.93. The van der Waals surface area contributed by atoms with E-state index in [-0.39, 0.29) is 11.6 Å². The van der Waals surface area contributed by atoms with Gasteiger partial charge in [-0.2, -0.15) is 0 Å². The summed E-state index contributed by atoms with van der Waals surface area (Å²) in [6.45, 7) is 2.17. The lowest BCUT2D eigenvalue weighted by Crippen LogP contribution is -2.29. The van der Waals surface area contributed by atoms with E-state index >= 15 is 0 Å². The van der Waals surface area contributed by atoms with Crippen molar-refractivity contribution in [3.63, 3.8) is 0 Å². The largest absolute Gasteiger partial charge is 0.308 e. The Balaban J connectivity index is 2.34. The molecule has 0 bridgehead atoms. The van der Waals surface area contributed by atoms with Crippen LogP contribution in [0.5, 0.6) is 0 Å². The molecule has 0 saturated carbocycles. The molecule has 0 fully saturated rings. The smallest absolute Gasteiger partial charge is 0.271 e. The first-order chi connectivity index (χ1) is 10.1. The van der Waals surface area contributed by atoms with Gasteiger partial charge in [-0.3, -0.25) is 14.9 Å². The van der Waals surface area contributed by atoms with Gasteiger partial charge in [-0.1, -0.05) is 43.3 Å². The van der Waals surface area contributed by atoms with Gasteiger partial charge in [0, 0.05) is 18.6 Å². The third-order valence-corrected chi connectivity index (χ3v) is 3.14. The molecule has 108 valence electrons. The molecular weight excluding hydrogens is 268 g/mol. The van der Waals surface area contributed by atoms with E-state index in [0.717, 1.165) is 5.56 Å². The molecule has 1 amide bonds. The summed E-state index contributed by atoms with van der Waals surface area (Å²) < 4.78 is 0. The van der Waals surface area contributed by atoms with Crippen LogP contribution in [-0.4, -0.2) is 10.8 Å². The van der Waals surface area contributed by atoms with Crippen LogP contribution in [0.1, 0.15) is 18.9 Å². The summed E-state index contributed by atoms with van der Waals surface area (Å²) in [6.07, 6.45) is 0.343. The van der Waals surface area contributed by atoms with Crippen LogP contribution in [0.15, 0.2) is 54.6 Å². The Hall–Kier alpha value is -2.69. The fraction of sp³-hybridized carbons (Fsp3) is 0.188. The number of rotatable bonds is 5. The number of anilines is 1. The van der Waals surface area contributed by atoms with Crippen molar-refractivity contribution in [2.24, 2.45) is 0 Å². The summed E-state index contributed by atoms with van der Waals surface area (Å²) in [5.74, 6) is -0.0700. The predicted octanol–water partition coefficient (Wildman–Crippen LogP) is 3.54. The van der Waals surface area contributed by atoms with E-state index in [1.807, 2.05) is 30.3 Å². The van der Waals surface area contributed by atoms with Crippen LogP contribution >= 0.6 is 0 Å². The van der Waals surface area contributed by atoms with Crippen molar-refractivity contribution in [3.8, 4) is 0 Å². The summed E-state index contributed by atoms with van der Waals surface area (Å²) in [6, 6.07) is 15.7. The van der Waals surface area contributed by atoms with Crippen LogP contribution in [0.2, 0.25) is 0 Å². The first-order valence-corrected chi connectivity index (χ1v) is 6.70. The Morgan fingerprint density at radius 3 is 2.48 bits per heavy atom. The Kier molecular flexibility index (Phi) is 4.66. The van der Waals surface area contributed by atoms with Gasteiger partial charge < -0.3 is 4.90 Å². The molecule has 0 aromatic heterocycles. The van der Waals surface area contributed by atoms with Gasteiger partial charge in [-0.05, 0) is 11.6 Å². The zero-order chi connectivity index (χ0) is 15.2. The quantitative estimate of drug-likeness (QED) is 0.623. The third-order valence-electron chi connectivity index (χ3n) is 3.14. The molecule has 21 heavy (non-hydrogen) atoms. The normalized spacial score (nSPS) is 10.1. The van der Waals surface area contributed by atoms with E-state index in [1.54, 1.807) is 24.0 Å². The van der Waals surface area contributed by atoms with Gasteiger partial charge in [0.1, 0.15) is 0 Å². The van der Waals surface area contributed by atoms with Gasteiger partial charge in [0.05, 0.1) is 17.2 Å². The number of non-ortho nitro benzene ring substituents is 1. The second-order valence-electron chi connectivity index (χ2n) is 4.60. The van der Waals surface area contributed by atoms with E-state index in [0.29, 0.717) is 18.7 Å². The molecule has 5 nitrogen and oxygen atoms in total. The molecule has 2 rings (SSSR count). The predicted molar refractivity (Wildman–Crippen MR) is 81.0 cm³/mol. The minimum absolute atomic E-state index is 0.0190. The standard InChI is InChI=1S/C16H16N2O3/c1-2-16(19)17(12-13-7-4-3-5-8-13)14-9-6-10-15(11-14)18(20)21/h3-11H,2,12H2,1H3. The number of benzene rings is 2. The van der Waals surface area contributed by atoms with Crippen LogP contribution in [0, 0.1) is 10.1 Å². The van der Waals surface area contributed by atoms with E-state index in [2.05, 4.69) is 0 Å². The fourth-order valence-corrected chi connectivity index (χ4v) is 2.05. The lowest BCUT2D eigenvalue weighted by Gasteiger charge is -2.22. The van der Waals surface area contributed by atoms with Crippen LogP contribution in [0.3, 0.4) is 0 Å². The maximum Gasteiger partial charge on any atom is 0.271 e. The van der Waals surface area contributed by atoms with Crippen molar-refractivity contribution >= 4 is 17.3 Å². The van der Waals surface area contributed by atoms with Crippen molar-refractivity contribution in [1.82, 2.24) is 0 Å². The first-order valence-electron chi connectivity index (χ1n) is 6.70. The zero-order valence-electron chi connectivity index (χ0n) is 11.7. The minimum atomic E-state index is -0.458. The fourth-order valence-electron chi connectivity index (χ4n) is 2.05. The maximum atomic E-state index is 12.2. The molecule has 0 aliphatic carbocycles. The van der Waals surface area contributed by atoms with Crippen LogP contribution in [-0.2, 0) is 11.3 Å². The second kappa shape index (κ2) is 6.65. The van der Waals surface area contributed by atoms with Gasteiger partial charge in [-0.25, -0.2) is 0 Å². The van der Waals surface area contributed by atoms with Gasteiger partial charge in [0.25, 0.3) is 5.69 Å². The molecule has 2 aromatic carbocycles. The maximum absolute atomic E-state index is 12.2. The molecule has 0 atom stereocenters. The monoisotopic (exact) mass is 284 g/mol. The number of carbonyl (C=O) groups is 1. The number of hydrogen-bond acceptors (Lipinski definition) is 3. The van der Waals surface area contributed by atoms with Crippen LogP contribution in [0.25, 0.3) is 0 Å². The third kappa shape index (κ3) is 3.66. The molecule has 0 aliphatic heterocycles. The first kappa shape index (κ1) is 14.7. The molecule has 0 aliphatic rings. The van der Waals surface area contributed by atoms with Gasteiger partial charge in [0.15, 0.2) is 0 Å². The number of carbonyl (C=O) groups excluding carboxylic acids is 1. The molecule has 5 heteroatoms. The number of hydrogen-bond donors (Lipinski definition) is 0. The SMILES string of the molecule is CCC(=O)N(Cc1ccccc1)c1cccc([N+](=O)[O-])c1. The van der Waals surface area contributed by atoms with E-state index in [4.69, 9.17) is 0 Å². The van der Waals surface area contributed by atoms with Crippen molar-refractivity contribution in [2.75, 3.05) is 4.90 Å². The number of nitro groups is 1. The van der Waals surface area contributed by atoms with Crippen LogP contribution < -0.4 is 4.90 Å². The van der Waals surface area contributed by atoms with Crippen LogP contribution in [0.4, 0.5) is 11.4 Å². The summed E-state index contributed by atoms with van der Waals surface area (Å²) in [4.78, 5) is 24.1. The topological polar surface area (TPSA) is 63.5 Å². The van der Waals surface area contributed by atoms with Crippen molar-refractivity contribution in [1.29, 1.82) is 0 Å². The van der Waals surface area contributed by atoms with E-state index in [1.165, 1.54) is 12.1 Å². The summed E-state index contributed by atoms with van der Waals surface area (Å²) in [5, 5.41) is 10.9. The van der Waals surface area contributed by atoms with Crippen molar-refractivity contribution in [2.45, 2.75) is 19.9 Å². The number of nitrogens with zero attached hydrogens (tertiary/aromatic N) is 2. The highest BCUT2D eigenvalue weighted by atomic mass is 16.6. The van der Waals surface area contributed by atoms with Gasteiger partial charge >= 0.3 is 0 Å². The summed E-state index contributed by atoms with van der Waals surface area (Å²) in [5.41, 5.74) is 1.50. The van der Waals surface area contributed by atoms with Gasteiger partial charge in [-0.15, -0.1) is 0 Å². The molecular formula is C16H16N2O3. The van der Waals surface area contributed by atoms with Gasteiger partial charge in [0.2, 0.25) is 5.91 Å². The Labute approximate surface area is 123 Å². The zero-order valence-corrected chi connectivity index (χ0v) is 11.7. The van der Waals surface area contributed by atoms with E-state index in [9.17, 15) is 14.9 Å². The molecule has 0 unspecified atom stereocenters. The molecule has 0 saturated heterocycles. The van der Waals surface area contributed by atoms with Crippen molar-refractivity contribution in [3.05, 3.63) is 70.3 Å². The average Bonchev–Trinajstić information content (AvgIpc) is 2.53. The Bertz CT molecular complexity index is 641. The molecule has 2 aromatic rings. The minimum Gasteiger partial charge on any atom is -0.308 e. The molecule has 0 spiro atoms. The number of amides is 1. The summed E-state index contributed by atoms with van der Waals surface area (Å²) in [7, 11) is 0.